The molecule has 11 heavy (non-hydrogen) atoms. The Labute approximate surface area is 64.8 Å². The first kappa shape index (κ1) is 8.64. The third-order valence-corrected chi connectivity index (χ3v) is 1.98. The van der Waals surface area contributed by atoms with Crippen LogP contribution >= 0.6 is 0 Å². The van der Waals surface area contributed by atoms with Gasteiger partial charge in [-0.15, -0.1) is 0 Å². The second-order valence-electron chi connectivity index (χ2n) is 2.80. The Bertz CT molecular complexity index is 147. The summed E-state index contributed by atoms with van der Waals surface area (Å²) in [4.78, 5) is 10.5. The number of hydrogen-bond donors (Lipinski definition) is 2. The van der Waals surface area contributed by atoms with E-state index >= 15 is 0 Å². The van der Waals surface area contributed by atoms with Crippen molar-refractivity contribution in [3.8, 4) is 0 Å². The lowest BCUT2D eigenvalue weighted by Gasteiger charge is -2.19. The topological polar surface area (TPSA) is 66.8 Å². The number of ether oxygens (including phenoxy) is 1. The lowest BCUT2D eigenvalue weighted by atomic mass is 10.0. The molecule has 64 valence electrons. The molecule has 0 aromatic rings. The third kappa shape index (κ3) is 1.58. The molecule has 1 saturated heterocycles. The van der Waals surface area contributed by atoms with E-state index in [-0.39, 0.29) is 19.3 Å². The maximum Gasteiger partial charge on any atom is 0.154 e. The molecule has 2 atom stereocenters. The highest BCUT2D eigenvalue weighted by Gasteiger charge is 2.39. The molecule has 2 unspecified atom stereocenters. The molecule has 2 N–H and O–H groups in total. The number of aliphatic hydroxyl groups is 2. The van der Waals surface area contributed by atoms with Crippen LogP contribution in [0.5, 0.6) is 0 Å². The fraction of sp³-hybridized carbons (Fsp3) is 0.857. The lowest BCUT2D eigenvalue weighted by Crippen LogP contribution is -2.35. The fourth-order valence-corrected chi connectivity index (χ4v) is 1.22. The zero-order valence-corrected chi connectivity index (χ0v) is 6.19. The van der Waals surface area contributed by atoms with E-state index in [0.29, 0.717) is 19.1 Å². The molecule has 0 bridgehead atoms. The highest BCUT2D eigenvalue weighted by molar-refractivity contribution is 5.63. The van der Waals surface area contributed by atoms with E-state index in [1.54, 1.807) is 0 Å². The van der Waals surface area contributed by atoms with E-state index in [1.165, 1.54) is 0 Å². The lowest BCUT2D eigenvalue weighted by molar-refractivity contribution is -0.137. The van der Waals surface area contributed by atoms with Crippen molar-refractivity contribution in [1.82, 2.24) is 0 Å². The van der Waals surface area contributed by atoms with Gasteiger partial charge in [0.1, 0.15) is 5.60 Å². The van der Waals surface area contributed by atoms with Gasteiger partial charge in [0.15, 0.2) is 6.29 Å². The van der Waals surface area contributed by atoms with Crippen LogP contribution in [-0.4, -0.2) is 41.4 Å². The van der Waals surface area contributed by atoms with E-state index in [2.05, 4.69) is 0 Å². The van der Waals surface area contributed by atoms with Gasteiger partial charge in [0.2, 0.25) is 0 Å². The summed E-state index contributed by atoms with van der Waals surface area (Å²) in [6.45, 7) is -0.386. The average Bonchev–Trinajstić information content (AvgIpc) is 2.49. The zero-order chi connectivity index (χ0) is 8.32. The van der Waals surface area contributed by atoms with Crippen molar-refractivity contribution in [2.24, 2.45) is 0 Å². The highest BCUT2D eigenvalue weighted by Crippen LogP contribution is 2.27. The van der Waals surface area contributed by atoms with Gasteiger partial charge in [-0.3, -0.25) is 0 Å². The van der Waals surface area contributed by atoms with Gasteiger partial charge in [0, 0.05) is 0 Å². The molecule has 1 rings (SSSR count). The average molecular weight is 160 g/mol. The largest absolute Gasteiger partial charge is 0.394 e. The maximum absolute atomic E-state index is 10.5. The molecule has 0 aromatic carbocycles. The summed E-state index contributed by atoms with van der Waals surface area (Å²) in [6, 6.07) is 0. The first-order valence-corrected chi connectivity index (χ1v) is 3.62. The fourth-order valence-electron chi connectivity index (χ4n) is 1.22. The van der Waals surface area contributed by atoms with E-state index < -0.39 is 5.60 Å². The van der Waals surface area contributed by atoms with Crippen molar-refractivity contribution in [1.29, 1.82) is 0 Å². The van der Waals surface area contributed by atoms with Gasteiger partial charge in [-0.05, 0) is 12.8 Å². The van der Waals surface area contributed by atoms with Crippen LogP contribution in [0.2, 0.25) is 0 Å². The molecule has 0 spiro atoms. The van der Waals surface area contributed by atoms with Crippen LogP contribution in [0.4, 0.5) is 0 Å². The van der Waals surface area contributed by atoms with Crippen LogP contribution in [0, 0.1) is 0 Å². The summed E-state index contributed by atoms with van der Waals surface area (Å²) >= 11 is 0. The molecule has 1 aliphatic heterocycles. The predicted molar refractivity (Wildman–Crippen MR) is 37.1 cm³/mol. The Hall–Kier alpha value is -0.450. The normalized spacial score (nSPS) is 37.5. The molecule has 1 aliphatic rings. The van der Waals surface area contributed by atoms with Crippen molar-refractivity contribution < 1.29 is 19.7 Å². The summed E-state index contributed by atoms with van der Waals surface area (Å²) in [5, 5.41) is 17.5. The smallest absolute Gasteiger partial charge is 0.154 e. The van der Waals surface area contributed by atoms with Gasteiger partial charge in [-0.25, -0.2) is 0 Å². The van der Waals surface area contributed by atoms with Gasteiger partial charge in [0.05, 0.1) is 19.3 Å². The summed E-state index contributed by atoms with van der Waals surface area (Å²) in [7, 11) is 0. The predicted octanol–water partition coefficient (Wildman–Crippen LogP) is -0.912. The standard InChI is InChI=1S/C7H12O4/c8-3-6-1-2-7(4-9,5-10)11-6/h4,6,8,10H,1-3,5H2. The third-order valence-electron chi connectivity index (χ3n) is 1.98. The number of aliphatic hydroxyl groups excluding tert-OH is 2. The van der Waals surface area contributed by atoms with Gasteiger partial charge < -0.3 is 19.7 Å². The molecule has 0 aromatic heterocycles. The molecular formula is C7H12O4. The first-order chi connectivity index (χ1) is 5.26. The van der Waals surface area contributed by atoms with Crippen LogP contribution in [0.15, 0.2) is 0 Å². The van der Waals surface area contributed by atoms with Crippen LogP contribution in [-0.2, 0) is 9.53 Å². The second kappa shape index (κ2) is 3.30. The minimum Gasteiger partial charge on any atom is -0.394 e. The summed E-state index contributed by atoms with van der Waals surface area (Å²) in [5.41, 5.74) is -1.03. The van der Waals surface area contributed by atoms with Gasteiger partial charge in [-0.1, -0.05) is 0 Å². The van der Waals surface area contributed by atoms with Gasteiger partial charge in [0.25, 0.3) is 0 Å². The van der Waals surface area contributed by atoms with Gasteiger partial charge in [-0.2, -0.15) is 0 Å². The minimum absolute atomic E-state index is 0.0877. The number of carbonyl (C=O) groups is 1. The molecule has 1 fully saturated rings. The SMILES string of the molecule is O=CC1(CO)CCC(CO)O1. The van der Waals surface area contributed by atoms with Gasteiger partial charge >= 0.3 is 0 Å². The number of hydrogen-bond acceptors (Lipinski definition) is 4. The maximum atomic E-state index is 10.5. The minimum atomic E-state index is -1.03. The number of carbonyl (C=O) groups excluding carboxylic acids is 1. The van der Waals surface area contributed by atoms with E-state index in [4.69, 9.17) is 14.9 Å². The monoisotopic (exact) mass is 160 g/mol. The summed E-state index contributed by atoms with van der Waals surface area (Å²) in [5.74, 6) is 0. The molecule has 4 heteroatoms. The van der Waals surface area contributed by atoms with Crippen molar-refractivity contribution in [3.63, 3.8) is 0 Å². The summed E-state index contributed by atoms with van der Waals surface area (Å²) in [6.07, 6.45) is 1.46. The van der Waals surface area contributed by atoms with Crippen LogP contribution in [0.25, 0.3) is 0 Å². The van der Waals surface area contributed by atoms with Crippen molar-refractivity contribution in [2.75, 3.05) is 13.2 Å². The van der Waals surface area contributed by atoms with Crippen molar-refractivity contribution in [2.45, 2.75) is 24.5 Å². The Morgan fingerprint density at radius 3 is 2.64 bits per heavy atom. The molecule has 0 amide bonds. The van der Waals surface area contributed by atoms with Crippen LogP contribution in [0.1, 0.15) is 12.8 Å². The van der Waals surface area contributed by atoms with E-state index in [0.717, 1.165) is 0 Å². The number of aldehydes is 1. The highest BCUT2D eigenvalue weighted by atomic mass is 16.5. The first-order valence-electron chi connectivity index (χ1n) is 3.62. The second-order valence-corrected chi connectivity index (χ2v) is 2.80. The molecule has 0 radical (unpaired) electrons. The molecule has 0 aliphatic carbocycles. The van der Waals surface area contributed by atoms with Crippen molar-refractivity contribution >= 4 is 6.29 Å². The van der Waals surface area contributed by atoms with E-state index in [9.17, 15) is 4.79 Å². The Balaban J connectivity index is 2.54. The van der Waals surface area contributed by atoms with Crippen molar-refractivity contribution in [3.05, 3.63) is 0 Å². The zero-order valence-electron chi connectivity index (χ0n) is 6.19. The Morgan fingerprint density at radius 2 is 2.36 bits per heavy atom. The quantitative estimate of drug-likeness (QED) is 0.524. The molecular weight excluding hydrogens is 148 g/mol. The summed E-state index contributed by atoms with van der Waals surface area (Å²) < 4.78 is 5.13. The Morgan fingerprint density at radius 1 is 1.64 bits per heavy atom. The van der Waals surface area contributed by atoms with E-state index in [1.807, 2.05) is 0 Å². The number of rotatable bonds is 3. The van der Waals surface area contributed by atoms with Crippen LogP contribution in [0.3, 0.4) is 0 Å². The Kier molecular flexibility index (Phi) is 2.59. The molecule has 1 heterocycles. The van der Waals surface area contributed by atoms with Crippen LogP contribution < -0.4 is 0 Å². The molecule has 4 nitrogen and oxygen atoms in total. The molecule has 0 saturated carbocycles.